The van der Waals surface area contributed by atoms with E-state index in [-0.39, 0.29) is 6.04 Å². The van der Waals surface area contributed by atoms with Crippen molar-refractivity contribution in [2.24, 2.45) is 28.9 Å². The normalized spacial score (nSPS) is 36.2. The third kappa shape index (κ3) is 3.42. The van der Waals surface area contributed by atoms with Crippen molar-refractivity contribution in [3.05, 3.63) is 29.8 Å². The third-order valence-corrected chi connectivity index (χ3v) is 6.52. The van der Waals surface area contributed by atoms with Gasteiger partial charge >= 0.3 is 0 Å². The fourth-order valence-electron chi connectivity index (χ4n) is 6.12. The van der Waals surface area contributed by atoms with E-state index in [0.29, 0.717) is 5.41 Å². The number of ether oxygens (including phenoxy) is 1. The van der Waals surface area contributed by atoms with E-state index in [9.17, 15) is 0 Å². The van der Waals surface area contributed by atoms with E-state index in [1.807, 2.05) is 0 Å². The molecule has 0 spiro atoms. The fourth-order valence-corrected chi connectivity index (χ4v) is 6.12. The highest BCUT2D eigenvalue weighted by atomic mass is 16.5. The van der Waals surface area contributed by atoms with Crippen molar-refractivity contribution in [3.63, 3.8) is 0 Å². The summed E-state index contributed by atoms with van der Waals surface area (Å²) in [7, 11) is 0. The van der Waals surface area contributed by atoms with Gasteiger partial charge in [0.15, 0.2) is 0 Å². The van der Waals surface area contributed by atoms with Gasteiger partial charge in [0.2, 0.25) is 0 Å². The van der Waals surface area contributed by atoms with E-state index >= 15 is 0 Å². The van der Waals surface area contributed by atoms with Gasteiger partial charge in [0.25, 0.3) is 0 Å². The van der Waals surface area contributed by atoms with E-state index < -0.39 is 0 Å². The van der Waals surface area contributed by atoms with E-state index in [1.54, 1.807) is 0 Å². The van der Waals surface area contributed by atoms with Gasteiger partial charge in [-0.1, -0.05) is 12.1 Å². The second kappa shape index (κ2) is 6.12. The van der Waals surface area contributed by atoms with Gasteiger partial charge in [0.05, 0.1) is 6.61 Å². The van der Waals surface area contributed by atoms with E-state index in [2.05, 4.69) is 31.2 Å². The zero-order valence-electron chi connectivity index (χ0n) is 14.5. The number of rotatable bonds is 6. The molecule has 4 aliphatic rings. The average molecular weight is 313 g/mol. The molecule has 4 saturated carbocycles. The quantitative estimate of drug-likeness (QED) is 0.835. The Labute approximate surface area is 140 Å². The highest BCUT2D eigenvalue weighted by Gasteiger charge is 2.50. The molecule has 4 aliphatic carbocycles. The molecule has 126 valence electrons. The standard InChI is InChI=1S/C21H31NO/c1-15(22)7-16-3-2-4-20(11-16)23-6-5-21-12-17-8-18(13-21)10-19(9-17)14-21/h2-4,11,15,17-19H,5-10,12-14,22H2,1H3. The van der Waals surface area contributed by atoms with Crippen LogP contribution in [0.2, 0.25) is 0 Å². The summed E-state index contributed by atoms with van der Waals surface area (Å²) in [5.74, 6) is 4.13. The monoisotopic (exact) mass is 313 g/mol. The molecule has 0 radical (unpaired) electrons. The van der Waals surface area contributed by atoms with Gasteiger partial charge in [-0.15, -0.1) is 0 Å². The van der Waals surface area contributed by atoms with Crippen LogP contribution < -0.4 is 10.5 Å². The van der Waals surface area contributed by atoms with Crippen molar-refractivity contribution in [2.75, 3.05) is 6.61 Å². The van der Waals surface area contributed by atoms with Crippen LogP contribution in [-0.4, -0.2) is 12.6 Å². The molecule has 0 amide bonds. The van der Waals surface area contributed by atoms with Crippen LogP contribution in [0.25, 0.3) is 0 Å². The smallest absolute Gasteiger partial charge is 0.119 e. The van der Waals surface area contributed by atoms with Gasteiger partial charge in [0, 0.05) is 6.04 Å². The largest absolute Gasteiger partial charge is 0.494 e. The van der Waals surface area contributed by atoms with Crippen LogP contribution in [0.4, 0.5) is 0 Å². The van der Waals surface area contributed by atoms with Gasteiger partial charge < -0.3 is 10.5 Å². The van der Waals surface area contributed by atoms with Gasteiger partial charge in [-0.3, -0.25) is 0 Å². The Morgan fingerprint density at radius 2 is 1.78 bits per heavy atom. The lowest BCUT2D eigenvalue weighted by molar-refractivity contribution is -0.0622. The molecular formula is C21H31NO. The summed E-state index contributed by atoms with van der Waals surface area (Å²) in [4.78, 5) is 0. The Kier molecular flexibility index (Phi) is 4.13. The Balaban J connectivity index is 1.33. The molecule has 4 fully saturated rings. The van der Waals surface area contributed by atoms with Gasteiger partial charge in [-0.25, -0.2) is 0 Å². The minimum atomic E-state index is 0.206. The first kappa shape index (κ1) is 15.5. The van der Waals surface area contributed by atoms with E-state index in [1.165, 1.54) is 50.5 Å². The highest BCUT2D eigenvalue weighted by molar-refractivity contribution is 5.29. The Bertz CT molecular complexity index is 515. The molecule has 1 aromatic rings. The Hall–Kier alpha value is -1.02. The first-order chi connectivity index (χ1) is 11.1. The molecule has 0 aromatic heterocycles. The molecule has 0 heterocycles. The summed E-state index contributed by atoms with van der Waals surface area (Å²) in [5.41, 5.74) is 7.81. The summed E-state index contributed by atoms with van der Waals surface area (Å²) in [6.07, 6.45) is 11.2. The van der Waals surface area contributed by atoms with Gasteiger partial charge in [0.1, 0.15) is 5.75 Å². The third-order valence-electron chi connectivity index (χ3n) is 6.52. The maximum Gasteiger partial charge on any atom is 0.119 e. The number of hydrogen-bond donors (Lipinski definition) is 1. The fraction of sp³-hybridized carbons (Fsp3) is 0.714. The summed E-state index contributed by atoms with van der Waals surface area (Å²) in [6, 6.07) is 8.71. The summed E-state index contributed by atoms with van der Waals surface area (Å²) < 4.78 is 6.13. The van der Waals surface area contributed by atoms with Crippen molar-refractivity contribution in [3.8, 4) is 5.75 Å². The summed E-state index contributed by atoms with van der Waals surface area (Å²) in [5, 5.41) is 0. The van der Waals surface area contributed by atoms with Crippen molar-refractivity contribution < 1.29 is 4.74 Å². The van der Waals surface area contributed by atoms with Crippen molar-refractivity contribution in [1.82, 2.24) is 0 Å². The second-order valence-corrected chi connectivity index (χ2v) is 8.84. The van der Waals surface area contributed by atoms with Crippen LogP contribution >= 0.6 is 0 Å². The zero-order valence-corrected chi connectivity index (χ0v) is 14.5. The van der Waals surface area contributed by atoms with Crippen LogP contribution in [0, 0.1) is 23.2 Å². The number of hydrogen-bond acceptors (Lipinski definition) is 2. The first-order valence-corrected chi connectivity index (χ1v) is 9.58. The predicted molar refractivity (Wildman–Crippen MR) is 94.5 cm³/mol. The maximum atomic E-state index is 6.13. The molecule has 0 saturated heterocycles. The predicted octanol–water partition coefficient (Wildman–Crippen LogP) is 4.56. The molecular weight excluding hydrogens is 282 g/mol. The van der Waals surface area contributed by atoms with Crippen molar-refractivity contribution in [1.29, 1.82) is 0 Å². The summed E-state index contributed by atoms with van der Waals surface area (Å²) >= 11 is 0. The molecule has 23 heavy (non-hydrogen) atoms. The SMILES string of the molecule is CC(N)Cc1cccc(OCCC23CC4CC(CC(C4)C2)C3)c1. The molecule has 1 aromatic carbocycles. The molecule has 1 atom stereocenters. The molecule has 2 N–H and O–H groups in total. The Morgan fingerprint density at radius 1 is 1.13 bits per heavy atom. The number of benzene rings is 1. The highest BCUT2D eigenvalue weighted by Crippen LogP contribution is 2.61. The van der Waals surface area contributed by atoms with Crippen molar-refractivity contribution in [2.45, 2.75) is 64.3 Å². The first-order valence-electron chi connectivity index (χ1n) is 9.58. The molecule has 4 bridgehead atoms. The van der Waals surface area contributed by atoms with Crippen LogP contribution in [0.3, 0.4) is 0 Å². The summed E-state index contributed by atoms with van der Waals surface area (Å²) in [6.45, 7) is 2.94. The molecule has 2 nitrogen and oxygen atoms in total. The average Bonchev–Trinajstić information content (AvgIpc) is 2.45. The number of nitrogens with two attached hydrogens (primary N) is 1. The second-order valence-electron chi connectivity index (χ2n) is 8.84. The molecule has 1 unspecified atom stereocenters. The molecule has 2 heteroatoms. The van der Waals surface area contributed by atoms with Crippen LogP contribution in [0.15, 0.2) is 24.3 Å². The topological polar surface area (TPSA) is 35.2 Å². The van der Waals surface area contributed by atoms with E-state index in [4.69, 9.17) is 10.5 Å². The lowest BCUT2D eigenvalue weighted by Gasteiger charge is -2.57. The van der Waals surface area contributed by atoms with Crippen LogP contribution in [0.5, 0.6) is 5.75 Å². The molecule has 5 rings (SSSR count). The van der Waals surface area contributed by atoms with Crippen LogP contribution in [-0.2, 0) is 6.42 Å². The molecule has 0 aliphatic heterocycles. The van der Waals surface area contributed by atoms with Gasteiger partial charge in [-0.2, -0.15) is 0 Å². The van der Waals surface area contributed by atoms with Gasteiger partial charge in [-0.05, 0) is 99.2 Å². The lowest BCUT2D eigenvalue weighted by atomic mass is 9.49. The minimum Gasteiger partial charge on any atom is -0.494 e. The minimum absolute atomic E-state index is 0.206. The van der Waals surface area contributed by atoms with Crippen molar-refractivity contribution >= 4 is 0 Å². The lowest BCUT2D eigenvalue weighted by Crippen LogP contribution is -2.46. The van der Waals surface area contributed by atoms with E-state index in [0.717, 1.165) is 36.5 Å². The van der Waals surface area contributed by atoms with Crippen LogP contribution in [0.1, 0.15) is 57.4 Å². The zero-order chi connectivity index (χ0) is 15.9. The Morgan fingerprint density at radius 3 is 2.39 bits per heavy atom. The maximum absolute atomic E-state index is 6.13.